The van der Waals surface area contributed by atoms with Crippen molar-refractivity contribution in [2.75, 3.05) is 32.1 Å². The van der Waals surface area contributed by atoms with Gasteiger partial charge in [-0.05, 0) is 19.7 Å². The van der Waals surface area contributed by atoms with Crippen LogP contribution in [0.25, 0.3) is 0 Å². The molecular formula is C10H21F3N2S. The Morgan fingerprint density at radius 1 is 1.38 bits per heavy atom. The van der Waals surface area contributed by atoms with Gasteiger partial charge >= 0.3 is 6.18 Å². The molecule has 0 saturated carbocycles. The third-order valence-corrected chi connectivity index (χ3v) is 3.43. The van der Waals surface area contributed by atoms with E-state index >= 15 is 0 Å². The van der Waals surface area contributed by atoms with Crippen LogP contribution < -0.4 is 5.73 Å². The van der Waals surface area contributed by atoms with E-state index in [0.717, 1.165) is 12.2 Å². The maximum absolute atomic E-state index is 12.5. The first-order valence-corrected chi connectivity index (χ1v) is 6.72. The molecule has 2 N–H and O–H groups in total. The fourth-order valence-electron chi connectivity index (χ4n) is 1.56. The number of nitrogens with two attached hydrogens (primary N) is 1. The minimum atomic E-state index is -4.19. The molecular weight excluding hydrogens is 237 g/mol. The van der Waals surface area contributed by atoms with Crippen LogP contribution in [0.15, 0.2) is 0 Å². The number of hydrogen-bond acceptors (Lipinski definition) is 3. The molecule has 2 nitrogen and oxygen atoms in total. The molecule has 2 atom stereocenters. The molecule has 0 aromatic heterocycles. The van der Waals surface area contributed by atoms with Gasteiger partial charge in [-0.1, -0.05) is 6.92 Å². The Morgan fingerprint density at radius 3 is 2.25 bits per heavy atom. The number of thioether (sulfide) groups is 1. The topological polar surface area (TPSA) is 29.3 Å². The van der Waals surface area contributed by atoms with Crippen LogP contribution in [0.5, 0.6) is 0 Å². The normalized spacial score (nSPS) is 16.5. The number of hydrogen-bond donors (Lipinski definition) is 1. The van der Waals surface area contributed by atoms with Crippen molar-refractivity contribution in [1.82, 2.24) is 4.90 Å². The third-order valence-electron chi connectivity index (χ3n) is 2.71. The van der Waals surface area contributed by atoms with Gasteiger partial charge in [-0.25, -0.2) is 0 Å². The Kier molecular flexibility index (Phi) is 7.43. The second-order valence-electron chi connectivity index (χ2n) is 3.93. The van der Waals surface area contributed by atoms with Gasteiger partial charge in [-0.15, -0.1) is 0 Å². The van der Waals surface area contributed by atoms with E-state index in [1.54, 1.807) is 23.7 Å². The van der Waals surface area contributed by atoms with E-state index in [0.29, 0.717) is 0 Å². The average Bonchev–Trinajstić information content (AvgIpc) is 2.20. The smallest absolute Gasteiger partial charge is 0.330 e. The summed E-state index contributed by atoms with van der Waals surface area (Å²) in [6, 6.07) is 0.186. The molecule has 16 heavy (non-hydrogen) atoms. The first kappa shape index (κ1) is 16.1. The first-order valence-electron chi connectivity index (χ1n) is 5.32. The lowest BCUT2D eigenvalue weighted by molar-refractivity contribution is -0.176. The molecule has 0 aromatic carbocycles. The van der Waals surface area contributed by atoms with Crippen molar-refractivity contribution >= 4 is 11.8 Å². The molecule has 0 fully saturated rings. The molecule has 0 aromatic rings. The molecule has 0 aliphatic carbocycles. The molecule has 0 bridgehead atoms. The Bertz CT molecular complexity index is 187. The zero-order chi connectivity index (χ0) is 12.8. The molecule has 0 aliphatic heterocycles. The van der Waals surface area contributed by atoms with Gasteiger partial charge < -0.3 is 10.6 Å². The minimum Gasteiger partial charge on any atom is -0.330 e. The van der Waals surface area contributed by atoms with E-state index in [1.807, 2.05) is 13.2 Å². The van der Waals surface area contributed by atoms with Crippen LogP contribution in [-0.2, 0) is 0 Å². The Balaban J connectivity index is 4.33. The Hall–Kier alpha value is 0.0600. The van der Waals surface area contributed by atoms with Crippen molar-refractivity contribution in [1.29, 1.82) is 0 Å². The van der Waals surface area contributed by atoms with Gasteiger partial charge in [-0.3, -0.25) is 0 Å². The van der Waals surface area contributed by atoms with Gasteiger partial charge in [0.25, 0.3) is 0 Å². The fraction of sp³-hybridized carbons (Fsp3) is 1.00. The number of alkyl halides is 3. The molecule has 0 saturated heterocycles. The second kappa shape index (κ2) is 7.40. The zero-order valence-corrected chi connectivity index (χ0v) is 10.9. The predicted molar refractivity (Wildman–Crippen MR) is 63.7 cm³/mol. The summed E-state index contributed by atoms with van der Waals surface area (Å²) in [6.45, 7) is 1.63. The van der Waals surface area contributed by atoms with Gasteiger partial charge in [0.1, 0.15) is 0 Å². The highest BCUT2D eigenvalue weighted by Crippen LogP contribution is 2.26. The number of halogens is 3. The highest BCUT2D eigenvalue weighted by Gasteiger charge is 2.39. The van der Waals surface area contributed by atoms with Crippen molar-refractivity contribution in [3.63, 3.8) is 0 Å². The van der Waals surface area contributed by atoms with Crippen LogP contribution in [0.4, 0.5) is 13.2 Å². The summed E-state index contributed by atoms with van der Waals surface area (Å²) in [5.41, 5.74) is 5.17. The summed E-state index contributed by atoms with van der Waals surface area (Å²) in [4.78, 5) is 1.77. The quantitative estimate of drug-likeness (QED) is 0.759. The molecule has 6 heteroatoms. The van der Waals surface area contributed by atoms with E-state index in [-0.39, 0.29) is 19.1 Å². The van der Waals surface area contributed by atoms with E-state index in [4.69, 9.17) is 5.73 Å². The molecule has 0 aliphatic rings. The van der Waals surface area contributed by atoms with Crippen LogP contribution in [-0.4, -0.2) is 49.3 Å². The summed E-state index contributed by atoms with van der Waals surface area (Å²) in [7, 11) is 1.73. The van der Waals surface area contributed by atoms with E-state index in [9.17, 15) is 13.2 Å². The molecule has 2 unspecified atom stereocenters. The Labute approximate surface area is 99.7 Å². The molecule has 0 radical (unpaired) electrons. The average molecular weight is 258 g/mol. The summed E-state index contributed by atoms with van der Waals surface area (Å²) in [5, 5.41) is 0. The molecule has 0 rings (SSSR count). The van der Waals surface area contributed by atoms with Crippen LogP contribution in [0.1, 0.15) is 13.3 Å². The minimum absolute atomic E-state index is 0.0148. The number of rotatable bonds is 7. The second-order valence-corrected chi connectivity index (χ2v) is 4.84. The standard InChI is InChI=1S/C10H21F3N2S/c1-4-9(7-16-3)15(2)6-8(5-14)10(11,12)13/h8-9H,4-7,14H2,1-3H3. The zero-order valence-electron chi connectivity index (χ0n) is 10.0. The summed E-state index contributed by atoms with van der Waals surface area (Å²) >= 11 is 1.65. The van der Waals surface area contributed by atoms with E-state index in [2.05, 4.69) is 0 Å². The summed E-state index contributed by atoms with van der Waals surface area (Å²) < 4.78 is 37.6. The van der Waals surface area contributed by atoms with Crippen molar-refractivity contribution in [2.45, 2.75) is 25.6 Å². The lowest BCUT2D eigenvalue weighted by Gasteiger charge is -2.30. The van der Waals surface area contributed by atoms with Gasteiger partial charge in [0, 0.05) is 24.9 Å². The van der Waals surface area contributed by atoms with E-state index < -0.39 is 12.1 Å². The SMILES string of the molecule is CCC(CSC)N(C)CC(CN)C(F)(F)F. The largest absolute Gasteiger partial charge is 0.394 e. The van der Waals surface area contributed by atoms with Crippen LogP contribution in [0.2, 0.25) is 0 Å². The fourth-order valence-corrected chi connectivity index (χ4v) is 2.43. The van der Waals surface area contributed by atoms with Crippen molar-refractivity contribution < 1.29 is 13.2 Å². The maximum Gasteiger partial charge on any atom is 0.394 e. The van der Waals surface area contributed by atoms with Crippen molar-refractivity contribution in [3.05, 3.63) is 0 Å². The first-order chi connectivity index (χ1) is 7.36. The Morgan fingerprint density at radius 2 is 1.94 bits per heavy atom. The maximum atomic E-state index is 12.5. The van der Waals surface area contributed by atoms with Crippen LogP contribution in [0.3, 0.4) is 0 Å². The van der Waals surface area contributed by atoms with Gasteiger partial charge in [0.2, 0.25) is 0 Å². The summed E-state index contributed by atoms with van der Waals surface area (Å²) in [6.07, 6.45) is -1.38. The highest BCUT2D eigenvalue weighted by atomic mass is 32.2. The molecule has 0 spiro atoms. The van der Waals surface area contributed by atoms with Gasteiger partial charge in [-0.2, -0.15) is 24.9 Å². The van der Waals surface area contributed by atoms with E-state index in [1.165, 1.54) is 0 Å². The lowest BCUT2D eigenvalue weighted by Crippen LogP contribution is -2.43. The molecule has 98 valence electrons. The van der Waals surface area contributed by atoms with Gasteiger partial charge in [0.15, 0.2) is 0 Å². The molecule has 0 heterocycles. The van der Waals surface area contributed by atoms with Crippen molar-refractivity contribution in [3.8, 4) is 0 Å². The van der Waals surface area contributed by atoms with Crippen LogP contribution in [0, 0.1) is 5.92 Å². The molecule has 0 amide bonds. The lowest BCUT2D eigenvalue weighted by atomic mass is 10.1. The summed E-state index contributed by atoms with van der Waals surface area (Å²) in [5.74, 6) is -0.573. The monoisotopic (exact) mass is 258 g/mol. The predicted octanol–water partition coefficient (Wildman–Crippen LogP) is 2.20. The van der Waals surface area contributed by atoms with Crippen molar-refractivity contribution in [2.24, 2.45) is 11.7 Å². The van der Waals surface area contributed by atoms with Crippen LogP contribution >= 0.6 is 11.8 Å². The third kappa shape index (κ3) is 5.41. The highest BCUT2D eigenvalue weighted by molar-refractivity contribution is 7.98. The van der Waals surface area contributed by atoms with Gasteiger partial charge in [0.05, 0.1) is 5.92 Å². The number of nitrogens with zero attached hydrogens (tertiary/aromatic N) is 1.